The molecule has 0 heterocycles. The number of fused-ring (bicyclic) bond motifs is 1. The molecule has 2 nitrogen and oxygen atoms in total. The molecule has 1 fully saturated rings. The van der Waals surface area contributed by atoms with Crippen molar-refractivity contribution in [1.82, 2.24) is 0 Å². The van der Waals surface area contributed by atoms with Gasteiger partial charge in [-0.2, -0.15) is 0 Å². The molecule has 0 unspecified atom stereocenters. The van der Waals surface area contributed by atoms with Gasteiger partial charge in [0.05, 0.1) is 13.0 Å². The molecule has 2 aliphatic carbocycles. The zero-order valence-corrected chi connectivity index (χ0v) is 15.6. The molecule has 120 valence electrons. The molecule has 1 saturated carbocycles. The van der Waals surface area contributed by atoms with Gasteiger partial charge in [0.25, 0.3) is 0 Å². The molecule has 4 heteroatoms. The van der Waals surface area contributed by atoms with Crippen molar-refractivity contribution >= 4 is 17.9 Å². The summed E-state index contributed by atoms with van der Waals surface area (Å²) in [5.74, 6) is 0.870. The van der Waals surface area contributed by atoms with Gasteiger partial charge in [-0.3, -0.25) is 0 Å². The van der Waals surface area contributed by atoms with E-state index in [0.29, 0.717) is 10.8 Å². The molecule has 0 bridgehead atoms. The number of allylic oxidation sites excluding steroid dienone is 2. The van der Waals surface area contributed by atoms with Crippen molar-refractivity contribution in [3.8, 4) is 0 Å². The van der Waals surface area contributed by atoms with E-state index in [0.717, 1.165) is 17.7 Å². The highest BCUT2D eigenvalue weighted by molar-refractivity contribution is 7.95. The van der Waals surface area contributed by atoms with Gasteiger partial charge in [-0.1, -0.05) is 49.5 Å². The van der Waals surface area contributed by atoms with Crippen LogP contribution >= 0.6 is 0 Å². The first-order valence-corrected chi connectivity index (χ1v) is 13.3. The summed E-state index contributed by atoms with van der Waals surface area (Å²) in [6.45, 7) is 6.87. The van der Waals surface area contributed by atoms with E-state index in [9.17, 15) is 8.42 Å². The van der Waals surface area contributed by atoms with Crippen LogP contribution in [-0.2, 0) is 9.84 Å². The molecule has 22 heavy (non-hydrogen) atoms. The van der Waals surface area contributed by atoms with Crippen LogP contribution in [0.3, 0.4) is 0 Å². The van der Waals surface area contributed by atoms with Crippen LogP contribution in [0.5, 0.6) is 0 Å². The molecule has 0 N–H and O–H groups in total. The Labute approximate surface area is 135 Å². The molecule has 1 aromatic carbocycles. The Morgan fingerprint density at radius 1 is 1.00 bits per heavy atom. The summed E-state index contributed by atoms with van der Waals surface area (Å²) >= 11 is 0. The van der Waals surface area contributed by atoms with Crippen molar-refractivity contribution in [2.45, 2.75) is 56.6 Å². The molecule has 0 spiro atoms. The molecule has 1 aromatic rings. The lowest BCUT2D eigenvalue weighted by Crippen LogP contribution is -2.34. The van der Waals surface area contributed by atoms with Gasteiger partial charge in [0.15, 0.2) is 0 Å². The maximum atomic E-state index is 13.4. The fourth-order valence-corrected chi connectivity index (χ4v) is 9.28. The van der Waals surface area contributed by atoms with Gasteiger partial charge in [0.1, 0.15) is 0 Å². The van der Waals surface area contributed by atoms with E-state index in [1.165, 1.54) is 24.5 Å². The highest BCUT2D eigenvalue weighted by Gasteiger charge is 2.43. The van der Waals surface area contributed by atoms with Crippen molar-refractivity contribution in [2.75, 3.05) is 0 Å². The predicted octanol–water partition coefficient (Wildman–Crippen LogP) is 4.80. The molecular weight excluding hydrogens is 308 g/mol. The van der Waals surface area contributed by atoms with Crippen molar-refractivity contribution in [2.24, 2.45) is 11.8 Å². The highest BCUT2D eigenvalue weighted by Crippen LogP contribution is 2.50. The Balaban J connectivity index is 2.19. The highest BCUT2D eigenvalue weighted by atomic mass is 32.2. The van der Waals surface area contributed by atoms with Crippen molar-refractivity contribution in [3.63, 3.8) is 0 Å². The Bertz CT molecular complexity index is 684. The van der Waals surface area contributed by atoms with Gasteiger partial charge in [0, 0.05) is 4.91 Å². The van der Waals surface area contributed by atoms with Gasteiger partial charge >= 0.3 is 0 Å². The largest absolute Gasteiger partial charge is 0.219 e. The lowest BCUT2D eigenvalue weighted by Gasteiger charge is -2.35. The minimum Gasteiger partial charge on any atom is -0.219 e. The first kappa shape index (κ1) is 16.0. The van der Waals surface area contributed by atoms with Crippen LogP contribution in [0.25, 0.3) is 0 Å². The fourth-order valence-electron chi connectivity index (χ4n) is 4.24. The van der Waals surface area contributed by atoms with Crippen molar-refractivity contribution in [3.05, 3.63) is 40.4 Å². The molecule has 0 amide bonds. The molecule has 0 aromatic heterocycles. The monoisotopic (exact) mass is 334 g/mol. The average Bonchev–Trinajstić information content (AvgIpc) is 2.94. The molecule has 0 saturated heterocycles. The molecule has 0 aliphatic heterocycles. The summed E-state index contributed by atoms with van der Waals surface area (Å²) in [5.41, 5.74) is 0. The summed E-state index contributed by atoms with van der Waals surface area (Å²) in [4.78, 5) is 1.31. The van der Waals surface area contributed by atoms with Gasteiger partial charge in [0.2, 0.25) is 9.84 Å². The van der Waals surface area contributed by atoms with Crippen molar-refractivity contribution < 1.29 is 8.42 Å². The van der Waals surface area contributed by atoms with Gasteiger partial charge < -0.3 is 0 Å². The molecule has 2 aliphatic rings. The molecule has 2 atom stereocenters. The first-order chi connectivity index (χ1) is 10.3. The van der Waals surface area contributed by atoms with Crippen LogP contribution in [-0.4, -0.2) is 16.5 Å². The van der Waals surface area contributed by atoms with Crippen molar-refractivity contribution in [1.29, 1.82) is 0 Å². The maximum absolute atomic E-state index is 13.4. The number of rotatable bonds is 3. The number of benzene rings is 1. The van der Waals surface area contributed by atoms with Crippen LogP contribution in [0.15, 0.2) is 45.3 Å². The van der Waals surface area contributed by atoms with Crippen LogP contribution in [0.4, 0.5) is 0 Å². The maximum Gasteiger partial charge on any atom is 0.202 e. The molecule has 0 radical (unpaired) electrons. The summed E-state index contributed by atoms with van der Waals surface area (Å²) < 4.78 is 26.7. The lowest BCUT2D eigenvalue weighted by molar-refractivity contribution is 0.397. The van der Waals surface area contributed by atoms with E-state index < -0.39 is 17.9 Å². The first-order valence-electron chi connectivity index (χ1n) is 8.35. The topological polar surface area (TPSA) is 34.1 Å². The fraction of sp³-hybridized carbons (Fsp3) is 0.556. The molecular formula is C18H26O2SSi. The summed E-state index contributed by atoms with van der Waals surface area (Å²) in [6, 6.07) is 9.05. The molecule has 3 rings (SSSR count). The normalized spacial score (nSPS) is 26.1. The van der Waals surface area contributed by atoms with Gasteiger partial charge in [-0.15, -0.1) is 0 Å². The van der Waals surface area contributed by atoms with Crippen LogP contribution in [0.1, 0.15) is 32.1 Å². The lowest BCUT2D eigenvalue weighted by atomic mass is 9.86. The standard InChI is InChI=1S/C18H26O2SSi/c1-22(2,3)17-13-12-14-8-7-11-16(14)18(17)21(19,20)15-9-5-4-6-10-15/h4-6,9-10,14,16H,7-8,11-13H2,1-3H3/t14-,16+/m0/s1. The summed E-state index contributed by atoms with van der Waals surface area (Å²) in [7, 11) is -4.96. The van der Waals surface area contributed by atoms with Crippen LogP contribution < -0.4 is 0 Å². The Morgan fingerprint density at radius 2 is 1.68 bits per heavy atom. The Morgan fingerprint density at radius 3 is 2.32 bits per heavy atom. The number of sulfone groups is 1. The van der Waals surface area contributed by atoms with E-state index in [-0.39, 0.29) is 5.92 Å². The van der Waals surface area contributed by atoms with E-state index in [2.05, 4.69) is 19.6 Å². The smallest absolute Gasteiger partial charge is 0.202 e. The summed E-state index contributed by atoms with van der Waals surface area (Å²) in [5, 5.41) is 1.31. The SMILES string of the molecule is C[Si](C)(C)C1=C(S(=O)(=O)c2ccccc2)[C@@H]2CCC[C@H]2CC1. The Kier molecular flexibility index (Phi) is 4.10. The van der Waals surface area contributed by atoms with E-state index in [4.69, 9.17) is 0 Å². The second kappa shape index (κ2) is 5.64. The zero-order valence-electron chi connectivity index (χ0n) is 13.8. The van der Waals surface area contributed by atoms with Crippen LogP contribution in [0, 0.1) is 11.8 Å². The Hall–Kier alpha value is -0.873. The second-order valence-corrected chi connectivity index (χ2v) is 14.8. The van der Waals surface area contributed by atoms with E-state index in [1.54, 1.807) is 12.1 Å². The summed E-state index contributed by atoms with van der Waals surface area (Å²) in [6.07, 6.45) is 5.63. The third kappa shape index (κ3) is 2.71. The zero-order chi connectivity index (χ0) is 16.0. The van der Waals surface area contributed by atoms with E-state index >= 15 is 0 Å². The van der Waals surface area contributed by atoms with Gasteiger partial charge in [-0.05, 0) is 49.7 Å². The van der Waals surface area contributed by atoms with Crippen LogP contribution in [0.2, 0.25) is 19.6 Å². The average molecular weight is 335 g/mol. The quantitative estimate of drug-likeness (QED) is 0.744. The predicted molar refractivity (Wildman–Crippen MR) is 94.1 cm³/mol. The number of hydrogen-bond donors (Lipinski definition) is 0. The third-order valence-corrected chi connectivity index (χ3v) is 9.84. The third-order valence-electron chi connectivity index (χ3n) is 5.31. The number of hydrogen-bond acceptors (Lipinski definition) is 2. The minimum atomic E-state index is -3.33. The van der Waals surface area contributed by atoms with E-state index in [1.807, 2.05) is 18.2 Å². The second-order valence-electron chi connectivity index (χ2n) is 7.75. The minimum absolute atomic E-state index is 0.278. The van der Waals surface area contributed by atoms with Gasteiger partial charge in [-0.25, -0.2) is 8.42 Å².